The molecule has 2 fully saturated rings. The van der Waals surface area contributed by atoms with E-state index in [2.05, 4.69) is 15.4 Å². The second kappa shape index (κ2) is 7.69. The smallest absolute Gasteiger partial charge is 0.387 e. The van der Waals surface area contributed by atoms with Gasteiger partial charge in [0.2, 0.25) is 5.91 Å². The molecular formula is C19H25ClF2N2O2. The molecule has 1 amide bonds. The van der Waals surface area contributed by atoms with Gasteiger partial charge in [-0.05, 0) is 80.3 Å². The van der Waals surface area contributed by atoms with E-state index in [1.807, 2.05) is 6.07 Å². The third-order valence-electron chi connectivity index (χ3n) is 6.08. The molecule has 2 aliphatic carbocycles. The molecule has 26 heavy (non-hydrogen) atoms. The minimum absolute atomic E-state index is 0. The van der Waals surface area contributed by atoms with Gasteiger partial charge in [0.15, 0.2) is 0 Å². The summed E-state index contributed by atoms with van der Waals surface area (Å²) >= 11 is 0. The van der Waals surface area contributed by atoms with Gasteiger partial charge in [-0.3, -0.25) is 4.79 Å². The van der Waals surface area contributed by atoms with Crippen LogP contribution in [-0.4, -0.2) is 25.6 Å². The molecular weight excluding hydrogens is 362 g/mol. The fourth-order valence-electron chi connectivity index (χ4n) is 4.58. The minimum atomic E-state index is -2.81. The van der Waals surface area contributed by atoms with Crippen LogP contribution in [0.5, 0.6) is 5.75 Å². The molecule has 144 valence electrons. The summed E-state index contributed by atoms with van der Waals surface area (Å²) < 4.78 is 29.3. The molecule has 1 saturated heterocycles. The lowest BCUT2D eigenvalue weighted by Gasteiger charge is -2.28. The Morgan fingerprint density at radius 2 is 2.08 bits per heavy atom. The average Bonchev–Trinajstić information content (AvgIpc) is 3.28. The highest BCUT2D eigenvalue weighted by Gasteiger charge is 2.57. The van der Waals surface area contributed by atoms with Gasteiger partial charge >= 0.3 is 6.61 Å². The van der Waals surface area contributed by atoms with Crippen LogP contribution in [-0.2, 0) is 11.2 Å². The van der Waals surface area contributed by atoms with E-state index < -0.39 is 6.61 Å². The van der Waals surface area contributed by atoms with Gasteiger partial charge in [-0.2, -0.15) is 8.78 Å². The number of aryl methyl sites for hydroxylation is 1. The molecule has 1 aromatic rings. The van der Waals surface area contributed by atoms with Crippen LogP contribution in [0.3, 0.4) is 0 Å². The first-order chi connectivity index (χ1) is 12.1. The van der Waals surface area contributed by atoms with Crippen molar-refractivity contribution >= 4 is 18.3 Å². The number of piperidine rings is 1. The van der Waals surface area contributed by atoms with Crippen molar-refractivity contribution in [1.29, 1.82) is 0 Å². The molecule has 1 heterocycles. The highest BCUT2D eigenvalue weighted by molar-refractivity contribution is 5.85. The van der Waals surface area contributed by atoms with E-state index in [4.69, 9.17) is 0 Å². The van der Waals surface area contributed by atoms with Gasteiger partial charge in [-0.15, -0.1) is 12.4 Å². The van der Waals surface area contributed by atoms with E-state index in [-0.39, 0.29) is 41.4 Å². The van der Waals surface area contributed by atoms with Crippen LogP contribution in [0.4, 0.5) is 8.78 Å². The number of amides is 1. The maximum Gasteiger partial charge on any atom is 0.387 e. The molecule has 4 rings (SSSR count). The first-order valence-electron chi connectivity index (χ1n) is 9.16. The molecule has 0 radical (unpaired) electrons. The van der Waals surface area contributed by atoms with Crippen LogP contribution in [0.25, 0.3) is 0 Å². The Kier molecular flexibility index (Phi) is 5.72. The molecule has 2 N–H and O–H groups in total. The Bertz CT molecular complexity index is 665. The number of carbonyl (C=O) groups is 1. The number of halogens is 3. The Morgan fingerprint density at radius 1 is 1.31 bits per heavy atom. The lowest BCUT2D eigenvalue weighted by atomic mass is 9.87. The van der Waals surface area contributed by atoms with E-state index in [1.54, 1.807) is 12.1 Å². The molecule has 1 spiro atoms. The second-order valence-corrected chi connectivity index (χ2v) is 7.56. The predicted molar refractivity (Wildman–Crippen MR) is 96.8 cm³/mol. The minimum Gasteiger partial charge on any atom is -0.435 e. The molecule has 3 aliphatic rings. The first-order valence-corrected chi connectivity index (χ1v) is 9.16. The summed E-state index contributed by atoms with van der Waals surface area (Å²) in [5, 5.41) is 6.58. The molecule has 2 atom stereocenters. The topological polar surface area (TPSA) is 50.4 Å². The van der Waals surface area contributed by atoms with Crippen molar-refractivity contribution in [3.8, 4) is 5.75 Å². The van der Waals surface area contributed by atoms with Gasteiger partial charge in [0.05, 0.1) is 6.04 Å². The summed E-state index contributed by atoms with van der Waals surface area (Å²) in [4.78, 5) is 12.7. The van der Waals surface area contributed by atoms with Crippen LogP contribution in [0.2, 0.25) is 0 Å². The van der Waals surface area contributed by atoms with E-state index in [1.165, 1.54) is 0 Å². The Morgan fingerprint density at radius 3 is 2.81 bits per heavy atom. The van der Waals surface area contributed by atoms with Crippen molar-refractivity contribution < 1.29 is 18.3 Å². The van der Waals surface area contributed by atoms with Gasteiger partial charge in [-0.25, -0.2) is 0 Å². The van der Waals surface area contributed by atoms with Crippen molar-refractivity contribution in [2.75, 3.05) is 13.1 Å². The summed E-state index contributed by atoms with van der Waals surface area (Å²) in [7, 11) is 0. The largest absolute Gasteiger partial charge is 0.435 e. The highest BCUT2D eigenvalue weighted by Crippen LogP contribution is 2.58. The zero-order valence-electron chi connectivity index (χ0n) is 14.6. The van der Waals surface area contributed by atoms with Crippen molar-refractivity contribution in [3.05, 3.63) is 29.3 Å². The number of carbonyl (C=O) groups excluding carboxylic acids is 1. The molecule has 4 nitrogen and oxygen atoms in total. The summed E-state index contributed by atoms with van der Waals surface area (Å²) in [6.07, 6.45) is 5.84. The van der Waals surface area contributed by atoms with Crippen LogP contribution < -0.4 is 15.4 Å². The fourth-order valence-corrected chi connectivity index (χ4v) is 4.58. The number of benzene rings is 1. The zero-order chi connectivity index (χ0) is 17.4. The third kappa shape index (κ3) is 3.81. The van der Waals surface area contributed by atoms with Crippen molar-refractivity contribution in [2.45, 2.75) is 51.2 Å². The predicted octanol–water partition coefficient (Wildman–Crippen LogP) is 3.59. The molecule has 0 aromatic heterocycles. The summed E-state index contributed by atoms with van der Waals surface area (Å²) in [6, 6.07) is 5.06. The number of nitrogens with one attached hydrogen (secondary N) is 2. The standard InChI is InChI=1S/C19H24F2N2O2.ClH/c20-18(21)25-13-4-5-14-12(10-13)2-1-3-16(14)23-17(24)15-11-19(15)6-8-22-9-7-19;/h4-5,10,15-16,18,22H,1-3,6-9,11H2,(H,23,24);1H. The number of rotatable bonds is 4. The average molecular weight is 387 g/mol. The van der Waals surface area contributed by atoms with E-state index in [9.17, 15) is 13.6 Å². The Balaban J connectivity index is 0.00000196. The molecule has 1 aromatic carbocycles. The maximum absolute atomic E-state index is 12.7. The summed E-state index contributed by atoms with van der Waals surface area (Å²) in [5.41, 5.74) is 2.27. The molecule has 0 bridgehead atoms. The first kappa shape index (κ1) is 19.4. The lowest BCUT2D eigenvalue weighted by molar-refractivity contribution is -0.124. The van der Waals surface area contributed by atoms with Crippen molar-refractivity contribution in [3.63, 3.8) is 0 Å². The number of ether oxygens (including phenoxy) is 1. The summed E-state index contributed by atoms with van der Waals surface area (Å²) in [6.45, 7) is -0.806. The third-order valence-corrected chi connectivity index (χ3v) is 6.08. The molecule has 1 aliphatic heterocycles. The molecule has 1 saturated carbocycles. The second-order valence-electron chi connectivity index (χ2n) is 7.56. The summed E-state index contributed by atoms with van der Waals surface area (Å²) in [5.74, 6) is 0.491. The fraction of sp³-hybridized carbons (Fsp3) is 0.632. The van der Waals surface area contributed by atoms with Crippen LogP contribution in [0.1, 0.15) is 49.3 Å². The number of hydrogen-bond acceptors (Lipinski definition) is 3. The van der Waals surface area contributed by atoms with Crippen LogP contribution >= 0.6 is 12.4 Å². The van der Waals surface area contributed by atoms with E-state index in [0.29, 0.717) is 0 Å². The lowest BCUT2D eigenvalue weighted by Crippen LogP contribution is -2.36. The van der Waals surface area contributed by atoms with Gasteiger partial charge in [0, 0.05) is 5.92 Å². The van der Waals surface area contributed by atoms with E-state index in [0.717, 1.165) is 62.7 Å². The van der Waals surface area contributed by atoms with Gasteiger partial charge in [0.25, 0.3) is 0 Å². The molecule has 7 heteroatoms. The maximum atomic E-state index is 12.7. The van der Waals surface area contributed by atoms with Crippen molar-refractivity contribution in [2.24, 2.45) is 11.3 Å². The van der Waals surface area contributed by atoms with Gasteiger partial charge in [0.1, 0.15) is 5.75 Å². The number of hydrogen-bond donors (Lipinski definition) is 2. The van der Waals surface area contributed by atoms with Gasteiger partial charge in [-0.1, -0.05) is 6.07 Å². The zero-order valence-corrected chi connectivity index (χ0v) is 15.4. The van der Waals surface area contributed by atoms with Crippen LogP contribution in [0.15, 0.2) is 18.2 Å². The SMILES string of the molecule is Cl.O=C(NC1CCCc2cc(OC(F)F)ccc21)C1CC12CCNCC2. The molecule has 2 unspecified atom stereocenters. The number of fused-ring (bicyclic) bond motifs is 1. The highest BCUT2D eigenvalue weighted by atomic mass is 35.5. The monoisotopic (exact) mass is 386 g/mol. The van der Waals surface area contributed by atoms with Crippen molar-refractivity contribution in [1.82, 2.24) is 10.6 Å². The van der Waals surface area contributed by atoms with Gasteiger partial charge < -0.3 is 15.4 Å². The van der Waals surface area contributed by atoms with E-state index >= 15 is 0 Å². The normalized spacial score (nSPS) is 26.0. The Hall–Kier alpha value is -1.40. The number of alkyl halides is 2. The van der Waals surface area contributed by atoms with Crippen LogP contribution in [0, 0.1) is 11.3 Å². The Labute approximate surface area is 158 Å². The quantitative estimate of drug-likeness (QED) is 0.831.